The number of aryl methyl sites for hydroxylation is 1. The van der Waals surface area contributed by atoms with Crippen LogP contribution < -0.4 is 20.3 Å². The van der Waals surface area contributed by atoms with E-state index in [4.69, 9.17) is 27.9 Å². The molecule has 9 heteroatoms. The fraction of sp³-hybridized carbons (Fsp3) is 0.115. The third-order valence-corrected chi connectivity index (χ3v) is 6.16. The van der Waals surface area contributed by atoms with Gasteiger partial charge in [-0.2, -0.15) is 0 Å². The van der Waals surface area contributed by atoms with Gasteiger partial charge in [-0.1, -0.05) is 41.4 Å². The van der Waals surface area contributed by atoms with Gasteiger partial charge in [-0.3, -0.25) is 14.4 Å². The molecule has 0 saturated heterocycles. The zero-order chi connectivity index (χ0) is 25.1. The summed E-state index contributed by atoms with van der Waals surface area (Å²) in [4.78, 5) is 38.9. The maximum atomic E-state index is 13.0. The molecule has 0 radical (unpaired) electrons. The molecule has 178 valence electrons. The Balaban J connectivity index is 1.41. The van der Waals surface area contributed by atoms with Crippen LogP contribution in [0.3, 0.4) is 0 Å². The highest BCUT2D eigenvalue weighted by atomic mass is 35.5. The van der Waals surface area contributed by atoms with Crippen LogP contribution in [0.4, 0.5) is 17.1 Å². The molecular formula is C26H21Cl2N3O4. The molecule has 3 aromatic rings. The highest BCUT2D eigenvalue weighted by Crippen LogP contribution is 2.32. The van der Waals surface area contributed by atoms with Crippen molar-refractivity contribution in [3.63, 3.8) is 0 Å². The Hall–Kier alpha value is -3.81. The van der Waals surface area contributed by atoms with E-state index in [1.165, 1.54) is 0 Å². The average Bonchev–Trinajstić information content (AvgIpc) is 3.05. The maximum Gasteiger partial charge on any atom is 0.283 e. The van der Waals surface area contributed by atoms with Crippen molar-refractivity contribution in [3.8, 4) is 5.75 Å². The minimum Gasteiger partial charge on any atom is -0.497 e. The molecule has 0 aliphatic carbocycles. The maximum absolute atomic E-state index is 13.0. The Morgan fingerprint density at radius 1 is 0.914 bits per heavy atom. The molecule has 3 amide bonds. The van der Waals surface area contributed by atoms with Crippen LogP contribution in [-0.4, -0.2) is 24.8 Å². The van der Waals surface area contributed by atoms with Crippen LogP contribution in [0.25, 0.3) is 0 Å². The lowest BCUT2D eigenvalue weighted by Crippen LogP contribution is -2.32. The van der Waals surface area contributed by atoms with Crippen LogP contribution >= 0.6 is 23.2 Å². The second-order valence-corrected chi connectivity index (χ2v) is 8.63. The summed E-state index contributed by atoms with van der Waals surface area (Å²) in [7, 11) is 1.58. The lowest BCUT2D eigenvalue weighted by atomic mass is 10.1. The van der Waals surface area contributed by atoms with E-state index in [-0.39, 0.29) is 23.1 Å². The molecule has 0 unspecified atom stereocenters. The normalized spacial score (nSPS) is 13.3. The Morgan fingerprint density at radius 2 is 1.57 bits per heavy atom. The van der Waals surface area contributed by atoms with E-state index >= 15 is 0 Å². The highest BCUT2D eigenvalue weighted by molar-refractivity contribution is 6.53. The van der Waals surface area contributed by atoms with E-state index in [1.54, 1.807) is 73.8 Å². The van der Waals surface area contributed by atoms with Gasteiger partial charge in [0.15, 0.2) is 0 Å². The number of nitrogens with one attached hydrogen (secondary N) is 2. The molecule has 0 spiro atoms. The third kappa shape index (κ3) is 5.31. The number of halogens is 2. The van der Waals surface area contributed by atoms with E-state index in [0.29, 0.717) is 27.8 Å². The van der Waals surface area contributed by atoms with Gasteiger partial charge in [-0.25, -0.2) is 4.90 Å². The Labute approximate surface area is 212 Å². The summed E-state index contributed by atoms with van der Waals surface area (Å²) in [6.07, 6.45) is 0.162. The number of carbonyl (C=O) groups excluding carboxylic acids is 3. The summed E-state index contributed by atoms with van der Waals surface area (Å²) in [5, 5.41) is 5.97. The second-order valence-electron chi connectivity index (χ2n) is 7.84. The zero-order valence-corrected chi connectivity index (χ0v) is 20.4. The van der Waals surface area contributed by atoms with E-state index in [1.807, 2.05) is 6.92 Å². The molecular weight excluding hydrogens is 489 g/mol. The van der Waals surface area contributed by atoms with Gasteiger partial charge in [-0.05, 0) is 66.6 Å². The van der Waals surface area contributed by atoms with E-state index in [2.05, 4.69) is 10.6 Å². The summed E-state index contributed by atoms with van der Waals surface area (Å²) in [6.45, 7) is 1.82. The van der Waals surface area contributed by atoms with Crippen LogP contribution in [0.5, 0.6) is 5.75 Å². The molecule has 0 fully saturated rings. The third-order valence-electron chi connectivity index (χ3n) is 5.40. The number of rotatable bonds is 7. The first-order chi connectivity index (χ1) is 16.8. The van der Waals surface area contributed by atoms with Crippen molar-refractivity contribution < 1.29 is 19.1 Å². The van der Waals surface area contributed by atoms with Crippen molar-refractivity contribution in [2.24, 2.45) is 0 Å². The fourth-order valence-electron chi connectivity index (χ4n) is 3.48. The summed E-state index contributed by atoms with van der Waals surface area (Å²) in [5.74, 6) is -0.686. The van der Waals surface area contributed by atoms with Crippen LogP contribution in [-0.2, 0) is 20.8 Å². The van der Waals surface area contributed by atoms with Gasteiger partial charge in [-0.15, -0.1) is 0 Å². The smallest absolute Gasteiger partial charge is 0.283 e. The van der Waals surface area contributed by atoms with Crippen LogP contribution in [0.2, 0.25) is 5.02 Å². The Kier molecular flexibility index (Phi) is 7.10. The largest absolute Gasteiger partial charge is 0.497 e. The van der Waals surface area contributed by atoms with Crippen LogP contribution in [0.15, 0.2) is 77.5 Å². The summed E-state index contributed by atoms with van der Waals surface area (Å²) < 4.78 is 5.11. The first-order valence-electron chi connectivity index (χ1n) is 10.6. The molecule has 35 heavy (non-hydrogen) atoms. The van der Waals surface area contributed by atoms with Crippen molar-refractivity contribution in [1.82, 2.24) is 0 Å². The molecule has 0 saturated carbocycles. The number of hydrogen-bond acceptors (Lipinski definition) is 5. The number of hydrogen-bond donors (Lipinski definition) is 2. The van der Waals surface area contributed by atoms with Gasteiger partial charge in [0.05, 0.1) is 19.2 Å². The number of anilines is 3. The van der Waals surface area contributed by atoms with E-state index in [0.717, 1.165) is 16.0 Å². The predicted octanol–water partition coefficient (Wildman–Crippen LogP) is 5.27. The van der Waals surface area contributed by atoms with Crippen molar-refractivity contribution >= 4 is 58.0 Å². The number of benzene rings is 3. The van der Waals surface area contributed by atoms with Crippen molar-refractivity contribution in [2.75, 3.05) is 22.6 Å². The second kappa shape index (κ2) is 10.2. The Bertz CT molecular complexity index is 1340. The quantitative estimate of drug-likeness (QED) is 0.423. The van der Waals surface area contributed by atoms with Gasteiger partial charge in [0.1, 0.15) is 16.5 Å². The number of amides is 3. The van der Waals surface area contributed by atoms with Gasteiger partial charge in [0, 0.05) is 16.4 Å². The van der Waals surface area contributed by atoms with Crippen molar-refractivity contribution in [2.45, 2.75) is 13.3 Å². The molecule has 2 N–H and O–H groups in total. The molecule has 7 nitrogen and oxygen atoms in total. The molecule has 4 rings (SSSR count). The van der Waals surface area contributed by atoms with E-state index in [9.17, 15) is 14.4 Å². The number of nitrogens with zero attached hydrogens (tertiary/aromatic N) is 1. The topological polar surface area (TPSA) is 87.7 Å². The average molecular weight is 510 g/mol. The Morgan fingerprint density at radius 3 is 2.20 bits per heavy atom. The monoisotopic (exact) mass is 509 g/mol. The van der Waals surface area contributed by atoms with Gasteiger partial charge >= 0.3 is 0 Å². The van der Waals surface area contributed by atoms with E-state index < -0.39 is 11.8 Å². The predicted molar refractivity (Wildman–Crippen MR) is 137 cm³/mol. The molecule has 0 atom stereocenters. The number of carbonyl (C=O) groups is 3. The minimum absolute atomic E-state index is 0.0293. The van der Waals surface area contributed by atoms with Crippen molar-refractivity contribution in [3.05, 3.63) is 93.6 Å². The van der Waals surface area contributed by atoms with Crippen molar-refractivity contribution in [1.29, 1.82) is 0 Å². The summed E-state index contributed by atoms with van der Waals surface area (Å²) in [6, 6.07) is 18.9. The molecule has 0 aromatic heterocycles. The summed E-state index contributed by atoms with van der Waals surface area (Å²) >= 11 is 12.4. The standard InChI is InChI=1S/C26H21Cl2N3O4/c1-15-3-10-19(14-21(15)27)31-25(33)23(28)24(26(31)34)30-18-6-4-16(5-7-18)13-22(32)29-17-8-11-20(35-2)12-9-17/h3-12,14,30H,13H2,1-2H3,(H,29,32). The minimum atomic E-state index is -0.633. The highest BCUT2D eigenvalue weighted by Gasteiger charge is 2.39. The SMILES string of the molecule is COc1ccc(NC(=O)Cc2ccc(NC3=C(Cl)C(=O)N(c4ccc(C)c(Cl)c4)C3=O)cc2)cc1. The first-order valence-corrected chi connectivity index (χ1v) is 11.4. The number of imide groups is 1. The molecule has 1 heterocycles. The zero-order valence-electron chi connectivity index (χ0n) is 18.9. The van der Waals surface area contributed by atoms with Crippen LogP contribution in [0, 0.1) is 6.92 Å². The lowest BCUT2D eigenvalue weighted by molar-refractivity contribution is -0.120. The number of ether oxygens (including phenoxy) is 1. The van der Waals surface area contributed by atoms with Crippen LogP contribution in [0.1, 0.15) is 11.1 Å². The molecule has 0 bridgehead atoms. The fourth-order valence-corrected chi connectivity index (χ4v) is 3.87. The molecule has 1 aliphatic rings. The first kappa shape index (κ1) is 24.3. The summed E-state index contributed by atoms with van der Waals surface area (Å²) in [5.41, 5.74) is 3.11. The molecule has 1 aliphatic heterocycles. The number of methoxy groups -OCH3 is 1. The van der Waals surface area contributed by atoms with Gasteiger partial charge in [0.25, 0.3) is 11.8 Å². The lowest BCUT2D eigenvalue weighted by Gasteiger charge is -2.16. The van der Waals surface area contributed by atoms with Gasteiger partial charge in [0.2, 0.25) is 5.91 Å². The molecule has 3 aromatic carbocycles. The van der Waals surface area contributed by atoms with Gasteiger partial charge < -0.3 is 15.4 Å².